The summed E-state index contributed by atoms with van der Waals surface area (Å²) in [7, 11) is 2.10. The molecule has 0 fully saturated rings. The molecule has 1 aromatic heterocycles. The van der Waals surface area contributed by atoms with Gasteiger partial charge in [-0.25, -0.2) is 0 Å². The zero-order valence-electron chi connectivity index (χ0n) is 9.18. The summed E-state index contributed by atoms with van der Waals surface area (Å²) in [6.45, 7) is 6.33. The molecule has 0 spiro atoms. The van der Waals surface area contributed by atoms with Gasteiger partial charge in [0.1, 0.15) is 0 Å². The predicted molar refractivity (Wildman–Crippen MR) is 61.5 cm³/mol. The maximum atomic E-state index is 5.90. The Balaban J connectivity index is 2.96. The molecule has 1 aromatic carbocycles. The molecule has 74 valence electrons. The standard InChI is InChI=1S/C12H16N2/c1-7-5-12-10(6-11(7)13)8(2)9(3)14(12)4/h5-6H,13H2,1-4H3. The lowest BCUT2D eigenvalue weighted by atomic mass is 10.1. The Kier molecular flexibility index (Phi) is 1.81. The highest BCUT2D eigenvalue weighted by Crippen LogP contribution is 2.27. The van der Waals surface area contributed by atoms with Crippen molar-refractivity contribution < 1.29 is 0 Å². The van der Waals surface area contributed by atoms with Crippen LogP contribution in [-0.4, -0.2) is 4.57 Å². The summed E-state index contributed by atoms with van der Waals surface area (Å²) >= 11 is 0. The van der Waals surface area contributed by atoms with Crippen molar-refractivity contribution in [2.75, 3.05) is 5.73 Å². The van der Waals surface area contributed by atoms with Gasteiger partial charge in [0, 0.05) is 29.3 Å². The summed E-state index contributed by atoms with van der Waals surface area (Å²) in [5.41, 5.74) is 11.8. The molecule has 2 heteroatoms. The van der Waals surface area contributed by atoms with E-state index in [1.54, 1.807) is 0 Å². The van der Waals surface area contributed by atoms with Crippen molar-refractivity contribution in [2.24, 2.45) is 7.05 Å². The molecule has 2 nitrogen and oxygen atoms in total. The number of fused-ring (bicyclic) bond motifs is 1. The summed E-state index contributed by atoms with van der Waals surface area (Å²) in [6, 6.07) is 4.23. The average Bonchev–Trinajstić information content (AvgIpc) is 2.34. The summed E-state index contributed by atoms with van der Waals surface area (Å²) in [5.74, 6) is 0. The predicted octanol–water partition coefficient (Wildman–Crippen LogP) is 2.69. The average molecular weight is 188 g/mol. The van der Waals surface area contributed by atoms with E-state index in [2.05, 4.69) is 37.6 Å². The molecule has 0 aliphatic heterocycles. The molecule has 0 radical (unpaired) electrons. The second-order valence-electron chi connectivity index (χ2n) is 4.00. The Hall–Kier alpha value is -1.44. The molecule has 0 bridgehead atoms. The first-order valence-corrected chi connectivity index (χ1v) is 4.84. The third kappa shape index (κ3) is 1.03. The first-order chi connectivity index (χ1) is 6.52. The summed E-state index contributed by atoms with van der Waals surface area (Å²) in [6.07, 6.45) is 0. The van der Waals surface area contributed by atoms with E-state index in [1.165, 1.54) is 22.2 Å². The third-order valence-corrected chi connectivity index (χ3v) is 3.20. The van der Waals surface area contributed by atoms with Crippen LogP contribution in [0.3, 0.4) is 0 Å². The lowest BCUT2D eigenvalue weighted by Crippen LogP contribution is -1.92. The zero-order valence-corrected chi connectivity index (χ0v) is 9.18. The van der Waals surface area contributed by atoms with Crippen molar-refractivity contribution in [3.05, 3.63) is 29.0 Å². The molecular formula is C12H16N2. The third-order valence-electron chi connectivity index (χ3n) is 3.20. The molecule has 0 atom stereocenters. The number of nitrogens with two attached hydrogens (primary N) is 1. The lowest BCUT2D eigenvalue weighted by molar-refractivity contribution is 0.910. The molecule has 2 N–H and O–H groups in total. The highest BCUT2D eigenvalue weighted by atomic mass is 14.9. The Morgan fingerprint density at radius 2 is 1.79 bits per heavy atom. The molecular weight excluding hydrogens is 172 g/mol. The smallest absolute Gasteiger partial charge is 0.0486 e. The molecule has 0 saturated heterocycles. The van der Waals surface area contributed by atoms with Gasteiger partial charge in [0.15, 0.2) is 0 Å². The number of hydrogen-bond donors (Lipinski definition) is 1. The molecule has 0 unspecified atom stereocenters. The number of nitrogens with zero attached hydrogens (tertiary/aromatic N) is 1. The van der Waals surface area contributed by atoms with Crippen LogP contribution >= 0.6 is 0 Å². The largest absolute Gasteiger partial charge is 0.398 e. The van der Waals surface area contributed by atoms with Crippen LogP contribution in [0.5, 0.6) is 0 Å². The first-order valence-electron chi connectivity index (χ1n) is 4.84. The minimum absolute atomic E-state index is 0.881. The van der Waals surface area contributed by atoms with Crippen LogP contribution in [0.2, 0.25) is 0 Å². The van der Waals surface area contributed by atoms with Gasteiger partial charge >= 0.3 is 0 Å². The number of aryl methyl sites for hydroxylation is 3. The van der Waals surface area contributed by atoms with Gasteiger partial charge in [0.2, 0.25) is 0 Å². The highest BCUT2D eigenvalue weighted by molar-refractivity contribution is 5.89. The van der Waals surface area contributed by atoms with Crippen LogP contribution in [0.4, 0.5) is 5.69 Å². The maximum absolute atomic E-state index is 5.90. The highest BCUT2D eigenvalue weighted by Gasteiger charge is 2.09. The first kappa shape index (κ1) is 9.13. The van der Waals surface area contributed by atoms with Crippen LogP contribution < -0.4 is 5.73 Å². The fourth-order valence-electron chi connectivity index (χ4n) is 1.91. The SMILES string of the molecule is Cc1cc2c(cc1N)c(C)c(C)n2C. The molecule has 0 aliphatic carbocycles. The van der Waals surface area contributed by atoms with Crippen molar-refractivity contribution in [1.29, 1.82) is 0 Å². The van der Waals surface area contributed by atoms with Crippen LogP contribution in [0.1, 0.15) is 16.8 Å². The summed E-state index contributed by atoms with van der Waals surface area (Å²) < 4.78 is 2.22. The normalized spacial score (nSPS) is 11.1. The number of hydrogen-bond acceptors (Lipinski definition) is 1. The summed E-state index contributed by atoms with van der Waals surface area (Å²) in [4.78, 5) is 0. The van der Waals surface area contributed by atoms with E-state index in [-0.39, 0.29) is 0 Å². The summed E-state index contributed by atoms with van der Waals surface area (Å²) in [5, 5.41) is 1.27. The van der Waals surface area contributed by atoms with Crippen molar-refractivity contribution >= 4 is 16.6 Å². The van der Waals surface area contributed by atoms with Crippen molar-refractivity contribution in [1.82, 2.24) is 4.57 Å². The van der Waals surface area contributed by atoms with Gasteiger partial charge in [-0.05, 0) is 44.0 Å². The fourth-order valence-corrected chi connectivity index (χ4v) is 1.91. The second-order valence-corrected chi connectivity index (χ2v) is 4.00. The number of anilines is 1. The van der Waals surface area contributed by atoms with Crippen molar-refractivity contribution in [3.63, 3.8) is 0 Å². The van der Waals surface area contributed by atoms with E-state index in [1.807, 2.05) is 6.92 Å². The quantitative estimate of drug-likeness (QED) is 0.633. The van der Waals surface area contributed by atoms with Crippen LogP contribution in [0.15, 0.2) is 12.1 Å². The lowest BCUT2D eigenvalue weighted by Gasteiger charge is -2.02. The Morgan fingerprint density at radius 1 is 1.14 bits per heavy atom. The topological polar surface area (TPSA) is 30.9 Å². The molecule has 2 rings (SSSR count). The zero-order chi connectivity index (χ0) is 10.5. The van der Waals surface area contributed by atoms with Crippen molar-refractivity contribution in [2.45, 2.75) is 20.8 Å². The van der Waals surface area contributed by atoms with Gasteiger partial charge < -0.3 is 10.3 Å². The molecule has 1 heterocycles. The monoisotopic (exact) mass is 188 g/mol. The number of rotatable bonds is 0. The molecule has 0 aliphatic rings. The molecule has 0 saturated carbocycles. The van der Waals surface area contributed by atoms with Crippen LogP contribution in [0, 0.1) is 20.8 Å². The minimum atomic E-state index is 0.881. The Labute approximate surface area is 84.3 Å². The maximum Gasteiger partial charge on any atom is 0.0486 e. The van der Waals surface area contributed by atoms with Gasteiger partial charge in [-0.2, -0.15) is 0 Å². The van der Waals surface area contributed by atoms with Crippen LogP contribution in [0.25, 0.3) is 10.9 Å². The van der Waals surface area contributed by atoms with Gasteiger partial charge in [-0.1, -0.05) is 0 Å². The van der Waals surface area contributed by atoms with Gasteiger partial charge in [-0.3, -0.25) is 0 Å². The van der Waals surface area contributed by atoms with E-state index >= 15 is 0 Å². The fraction of sp³-hybridized carbons (Fsp3) is 0.333. The van der Waals surface area contributed by atoms with E-state index < -0.39 is 0 Å². The van der Waals surface area contributed by atoms with Crippen molar-refractivity contribution in [3.8, 4) is 0 Å². The number of benzene rings is 1. The minimum Gasteiger partial charge on any atom is -0.398 e. The number of aromatic nitrogens is 1. The van der Waals surface area contributed by atoms with Gasteiger partial charge in [-0.15, -0.1) is 0 Å². The Bertz CT molecular complexity index is 462. The molecule has 2 aromatic rings. The molecule has 14 heavy (non-hydrogen) atoms. The molecule has 0 amide bonds. The van der Waals surface area contributed by atoms with E-state index in [4.69, 9.17) is 5.73 Å². The van der Waals surface area contributed by atoms with E-state index in [0.717, 1.165) is 11.3 Å². The van der Waals surface area contributed by atoms with Gasteiger partial charge in [0.05, 0.1) is 0 Å². The second kappa shape index (κ2) is 2.77. The van der Waals surface area contributed by atoms with E-state index in [9.17, 15) is 0 Å². The number of nitrogen functional groups attached to an aromatic ring is 1. The van der Waals surface area contributed by atoms with Gasteiger partial charge in [0.25, 0.3) is 0 Å². The van der Waals surface area contributed by atoms with Crippen LogP contribution in [-0.2, 0) is 7.05 Å². The van der Waals surface area contributed by atoms with E-state index in [0.29, 0.717) is 0 Å². The Morgan fingerprint density at radius 3 is 2.43 bits per heavy atom.